The fourth-order valence-corrected chi connectivity index (χ4v) is 1.96. The van der Waals surface area contributed by atoms with Gasteiger partial charge in [-0.05, 0) is 18.2 Å². The van der Waals surface area contributed by atoms with Gasteiger partial charge in [0.1, 0.15) is 5.75 Å². The van der Waals surface area contributed by atoms with Crippen LogP contribution in [0.1, 0.15) is 5.56 Å². The maximum absolute atomic E-state index is 11.5. The van der Waals surface area contributed by atoms with Gasteiger partial charge in [0.25, 0.3) is 0 Å². The lowest BCUT2D eigenvalue weighted by Crippen LogP contribution is -2.35. The molecule has 0 bridgehead atoms. The van der Waals surface area contributed by atoms with Crippen molar-refractivity contribution in [2.24, 2.45) is 0 Å². The molecule has 5 nitrogen and oxygen atoms in total. The summed E-state index contributed by atoms with van der Waals surface area (Å²) in [4.78, 5) is 11.5. The van der Waals surface area contributed by atoms with E-state index in [1.165, 1.54) is 0 Å². The summed E-state index contributed by atoms with van der Waals surface area (Å²) in [5.74, 6) is 0.751. The van der Waals surface area contributed by atoms with Gasteiger partial charge in [0.2, 0.25) is 5.91 Å². The number of carbonyl (C=O) groups excluding carboxylic acids is 1. The highest BCUT2D eigenvalue weighted by atomic mass is 79.9. The molecule has 0 fully saturated rings. The summed E-state index contributed by atoms with van der Waals surface area (Å²) < 4.78 is 11.1. The van der Waals surface area contributed by atoms with Gasteiger partial charge < -0.3 is 20.1 Å². The molecule has 2 N–H and O–H groups in total. The first-order valence-corrected chi connectivity index (χ1v) is 6.75. The van der Waals surface area contributed by atoms with Crippen LogP contribution in [0.5, 0.6) is 5.75 Å². The Hall–Kier alpha value is -1.11. The number of ether oxygens (including phenoxy) is 2. The van der Waals surface area contributed by atoms with E-state index in [1.807, 2.05) is 18.2 Å². The van der Waals surface area contributed by atoms with Gasteiger partial charge in [0.15, 0.2) is 0 Å². The minimum absolute atomic E-state index is 0.0500. The monoisotopic (exact) mass is 330 g/mol. The number of hydrogen-bond acceptors (Lipinski definition) is 4. The highest BCUT2D eigenvalue weighted by molar-refractivity contribution is 9.10. The van der Waals surface area contributed by atoms with E-state index >= 15 is 0 Å². The molecule has 1 aromatic carbocycles. The zero-order chi connectivity index (χ0) is 14.1. The van der Waals surface area contributed by atoms with Crippen LogP contribution in [0.2, 0.25) is 0 Å². The van der Waals surface area contributed by atoms with Crippen molar-refractivity contribution >= 4 is 21.8 Å². The van der Waals surface area contributed by atoms with Gasteiger partial charge in [-0.2, -0.15) is 0 Å². The van der Waals surface area contributed by atoms with Gasteiger partial charge in [0, 0.05) is 30.2 Å². The molecule has 0 heterocycles. The number of benzene rings is 1. The molecule has 106 valence electrons. The van der Waals surface area contributed by atoms with Crippen molar-refractivity contribution in [3.8, 4) is 5.75 Å². The second kappa shape index (κ2) is 8.90. The molecule has 6 heteroatoms. The molecule has 0 aliphatic rings. The first kappa shape index (κ1) is 15.9. The zero-order valence-electron chi connectivity index (χ0n) is 11.2. The molecule has 0 saturated heterocycles. The average molecular weight is 331 g/mol. The van der Waals surface area contributed by atoms with E-state index in [2.05, 4.69) is 26.6 Å². The molecule has 1 amide bonds. The maximum Gasteiger partial charge on any atom is 0.234 e. The molecule has 1 rings (SSSR count). The number of hydrogen-bond donors (Lipinski definition) is 2. The van der Waals surface area contributed by atoms with Crippen LogP contribution >= 0.6 is 15.9 Å². The molecule has 19 heavy (non-hydrogen) atoms. The van der Waals surface area contributed by atoms with Gasteiger partial charge in [0.05, 0.1) is 20.3 Å². The van der Waals surface area contributed by atoms with E-state index in [1.54, 1.807) is 14.2 Å². The summed E-state index contributed by atoms with van der Waals surface area (Å²) in [6.45, 7) is 1.88. The van der Waals surface area contributed by atoms with Crippen molar-refractivity contribution in [2.75, 3.05) is 33.9 Å². The molecule has 0 saturated carbocycles. The molecule has 1 aromatic rings. The largest absolute Gasteiger partial charge is 0.496 e. The maximum atomic E-state index is 11.5. The number of methoxy groups -OCH3 is 2. The van der Waals surface area contributed by atoms with Crippen molar-refractivity contribution < 1.29 is 14.3 Å². The topological polar surface area (TPSA) is 59.6 Å². The van der Waals surface area contributed by atoms with Crippen molar-refractivity contribution in [3.05, 3.63) is 28.2 Å². The van der Waals surface area contributed by atoms with Crippen molar-refractivity contribution in [3.63, 3.8) is 0 Å². The number of amides is 1. The van der Waals surface area contributed by atoms with Gasteiger partial charge in [-0.25, -0.2) is 0 Å². The molecule has 0 unspecified atom stereocenters. The Morgan fingerprint density at radius 3 is 2.84 bits per heavy atom. The molecule has 0 spiro atoms. The van der Waals surface area contributed by atoms with Crippen LogP contribution in [0.25, 0.3) is 0 Å². The number of rotatable bonds is 8. The van der Waals surface area contributed by atoms with Crippen molar-refractivity contribution in [2.45, 2.75) is 6.54 Å². The average Bonchev–Trinajstić information content (AvgIpc) is 2.39. The van der Waals surface area contributed by atoms with E-state index in [-0.39, 0.29) is 12.5 Å². The van der Waals surface area contributed by atoms with E-state index < -0.39 is 0 Å². The number of nitrogens with one attached hydrogen (secondary N) is 2. The highest BCUT2D eigenvalue weighted by Gasteiger charge is 2.05. The van der Waals surface area contributed by atoms with E-state index in [4.69, 9.17) is 9.47 Å². The Balaban J connectivity index is 2.36. The molecule has 0 aliphatic carbocycles. The van der Waals surface area contributed by atoms with Crippen LogP contribution in [0.15, 0.2) is 22.7 Å². The van der Waals surface area contributed by atoms with Gasteiger partial charge in [-0.3, -0.25) is 4.79 Å². The second-order valence-electron chi connectivity index (χ2n) is 3.90. The zero-order valence-corrected chi connectivity index (χ0v) is 12.7. The van der Waals surface area contributed by atoms with Crippen molar-refractivity contribution in [1.29, 1.82) is 0 Å². The first-order valence-electron chi connectivity index (χ1n) is 5.96. The van der Waals surface area contributed by atoms with Crippen LogP contribution in [0.4, 0.5) is 0 Å². The molecule has 0 aliphatic heterocycles. The second-order valence-corrected chi connectivity index (χ2v) is 4.82. The lowest BCUT2D eigenvalue weighted by molar-refractivity contribution is -0.120. The fraction of sp³-hybridized carbons (Fsp3) is 0.462. The van der Waals surface area contributed by atoms with E-state index in [0.29, 0.717) is 19.7 Å². The summed E-state index contributed by atoms with van der Waals surface area (Å²) in [5, 5.41) is 5.82. The minimum Gasteiger partial charge on any atom is -0.496 e. The number of halogens is 1. The summed E-state index contributed by atoms with van der Waals surface area (Å²) >= 11 is 3.41. The van der Waals surface area contributed by atoms with Crippen LogP contribution in [0.3, 0.4) is 0 Å². The third kappa shape index (κ3) is 6.04. The fourth-order valence-electron chi connectivity index (χ4n) is 1.55. The molecular weight excluding hydrogens is 312 g/mol. The number of carbonyl (C=O) groups is 1. The summed E-state index contributed by atoms with van der Waals surface area (Å²) in [6.07, 6.45) is 0. The van der Waals surface area contributed by atoms with Crippen LogP contribution in [-0.4, -0.2) is 39.8 Å². The lowest BCUT2D eigenvalue weighted by Gasteiger charge is -2.10. The minimum atomic E-state index is -0.0500. The molecular formula is C13H19BrN2O3. The van der Waals surface area contributed by atoms with Gasteiger partial charge in [-0.1, -0.05) is 15.9 Å². The predicted octanol–water partition coefficient (Wildman–Crippen LogP) is 1.31. The Bertz CT molecular complexity index is 413. The first-order chi connectivity index (χ1) is 9.17. The lowest BCUT2D eigenvalue weighted by atomic mass is 10.2. The molecule has 0 aromatic heterocycles. The van der Waals surface area contributed by atoms with Gasteiger partial charge in [-0.15, -0.1) is 0 Å². The van der Waals surface area contributed by atoms with E-state index in [9.17, 15) is 4.79 Å². The summed E-state index contributed by atoms with van der Waals surface area (Å²) in [6, 6.07) is 5.77. The third-order valence-electron chi connectivity index (χ3n) is 2.47. The normalized spacial score (nSPS) is 10.3. The van der Waals surface area contributed by atoms with Crippen LogP contribution < -0.4 is 15.4 Å². The van der Waals surface area contributed by atoms with Crippen LogP contribution in [-0.2, 0) is 16.1 Å². The van der Waals surface area contributed by atoms with E-state index in [0.717, 1.165) is 15.8 Å². The molecule has 0 atom stereocenters. The standard InChI is InChI=1S/C13H19BrN2O3/c1-18-6-5-16-13(17)9-15-8-10-7-11(14)3-4-12(10)19-2/h3-4,7,15H,5-6,8-9H2,1-2H3,(H,16,17). The predicted molar refractivity (Wildman–Crippen MR) is 77.3 cm³/mol. The molecule has 0 radical (unpaired) electrons. The summed E-state index contributed by atoms with van der Waals surface area (Å²) in [5.41, 5.74) is 1.00. The highest BCUT2D eigenvalue weighted by Crippen LogP contribution is 2.22. The Morgan fingerprint density at radius 2 is 2.16 bits per heavy atom. The smallest absolute Gasteiger partial charge is 0.234 e. The summed E-state index contributed by atoms with van der Waals surface area (Å²) in [7, 11) is 3.23. The Labute approximate surface area is 121 Å². The van der Waals surface area contributed by atoms with Gasteiger partial charge >= 0.3 is 0 Å². The quantitative estimate of drug-likeness (QED) is 0.705. The third-order valence-corrected chi connectivity index (χ3v) is 2.97. The Morgan fingerprint density at radius 1 is 1.37 bits per heavy atom. The SMILES string of the molecule is COCCNC(=O)CNCc1cc(Br)ccc1OC. The van der Waals surface area contributed by atoms with Crippen molar-refractivity contribution in [1.82, 2.24) is 10.6 Å². The van der Waals surface area contributed by atoms with Crippen LogP contribution in [0, 0.1) is 0 Å². The Kier molecular flexibility index (Phi) is 7.47.